The number of hydrogen-bond acceptors (Lipinski definition) is 6. The zero-order chi connectivity index (χ0) is 13.9. The molecule has 20 heavy (non-hydrogen) atoms. The molecule has 0 radical (unpaired) electrons. The Balaban J connectivity index is 1.83. The number of hydrazine groups is 1. The minimum atomic E-state index is 0.253. The number of thiophene rings is 1. The summed E-state index contributed by atoms with van der Waals surface area (Å²) in [5.41, 5.74) is 2.58. The molecule has 0 amide bonds. The normalized spacial score (nSPS) is 10.7. The average molecular weight is 307 g/mol. The number of benzene rings is 1. The zero-order valence-electron chi connectivity index (χ0n) is 10.3. The van der Waals surface area contributed by atoms with Crippen LogP contribution in [0.2, 0.25) is 5.02 Å². The van der Waals surface area contributed by atoms with Gasteiger partial charge >= 0.3 is 0 Å². The number of nitrogens with one attached hydrogen (secondary N) is 1. The third-order valence-electron chi connectivity index (χ3n) is 2.67. The fourth-order valence-corrected chi connectivity index (χ4v) is 2.74. The summed E-state index contributed by atoms with van der Waals surface area (Å²) in [7, 11) is 0. The molecular weight excluding hydrogens is 296 g/mol. The summed E-state index contributed by atoms with van der Waals surface area (Å²) >= 11 is 7.43. The first-order valence-corrected chi connectivity index (χ1v) is 7.11. The molecule has 2 heterocycles. The largest absolute Gasteiger partial charge is 0.486 e. The molecule has 1 aromatic carbocycles. The van der Waals surface area contributed by atoms with E-state index >= 15 is 0 Å². The molecule has 102 valence electrons. The number of fused-ring (bicyclic) bond motifs is 1. The molecule has 2 aromatic heterocycles. The standard InChI is InChI=1S/C13H11ClN4OS/c14-8-2-1-3-9(6-8)19-7-11-16-12(18-15)10-4-5-20-13(10)17-11/h1-6H,7,15H2,(H,16,17,18). The fourth-order valence-electron chi connectivity index (χ4n) is 1.78. The topological polar surface area (TPSA) is 73.1 Å². The molecular formula is C13H11ClN4OS. The third-order valence-corrected chi connectivity index (χ3v) is 3.71. The predicted molar refractivity (Wildman–Crippen MR) is 81.0 cm³/mol. The van der Waals surface area contributed by atoms with Crippen LogP contribution in [0.3, 0.4) is 0 Å². The molecule has 0 aliphatic carbocycles. The Morgan fingerprint density at radius 3 is 3.00 bits per heavy atom. The quantitative estimate of drug-likeness (QED) is 0.572. The van der Waals surface area contributed by atoms with Crippen molar-refractivity contribution in [1.82, 2.24) is 9.97 Å². The number of nitrogen functional groups attached to an aromatic ring is 1. The summed E-state index contributed by atoms with van der Waals surface area (Å²) in [6.07, 6.45) is 0. The second-order valence-electron chi connectivity index (χ2n) is 4.02. The van der Waals surface area contributed by atoms with Crippen LogP contribution < -0.4 is 16.0 Å². The van der Waals surface area contributed by atoms with Gasteiger partial charge in [0, 0.05) is 5.02 Å². The third kappa shape index (κ3) is 2.67. The summed E-state index contributed by atoms with van der Waals surface area (Å²) in [6.45, 7) is 0.253. The van der Waals surface area contributed by atoms with Crippen LogP contribution in [0, 0.1) is 0 Å². The molecule has 0 spiro atoms. The summed E-state index contributed by atoms with van der Waals surface area (Å²) in [6, 6.07) is 9.12. The molecule has 0 saturated carbocycles. The van der Waals surface area contributed by atoms with Gasteiger partial charge in [0.15, 0.2) is 11.6 Å². The molecule has 3 N–H and O–H groups in total. The lowest BCUT2D eigenvalue weighted by molar-refractivity contribution is 0.296. The van der Waals surface area contributed by atoms with Gasteiger partial charge in [0.05, 0.1) is 5.39 Å². The van der Waals surface area contributed by atoms with Gasteiger partial charge in [-0.15, -0.1) is 11.3 Å². The van der Waals surface area contributed by atoms with E-state index < -0.39 is 0 Å². The van der Waals surface area contributed by atoms with Crippen molar-refractivity contribution >= 4 is 39.0 Å². The van der Waals surface area contributed by atoms with E-state index in [1.54, 1.807) is 12.1 Å². The summed E-state index contributed by atoms with van der Waals surface area (Å²) in [5, 5.41) is 3.48. The Hall–Kier alpha value is -1.89. The van der Waals surface area contributed by atoms with Gasteiger partial charge in [0.1, 0.15) is 17.2 Å². The lowest BCUT2D eigenvalue weighted by Gasteiger charge is -2.07. The maximum absolute atomic E-state index is 5.90. The number of rotatable bonds is 4. The van der Waals surface area contributed by atoms with Gasteiger partial charge in [-0.1, -0.05) is 17.7 Å². The molecule has 0 saturated heterocycles. The van der Waals surface area contributed by atoms with Crippen molar-refractivity contribution < 1.29 is 4.74 Å². The Labute approximate surface area is 124 Å². The van der Waals surface area contributed by atoms with E-state index in [4.69, 9.17) is 22.2 Å². The highest BCUT2D eigenvalue weighted by molar-refractivity contribution is 7.16. The van der Waals surface area contributed by atoms with Gasteiger partial charge < -0.3 is 10.2 Å². The van der Waals surface area contributed by atoms with Crippen molar-refractivity contribution in [2.45, 2.75) is 6.61 Å². The van der Waals surface area contributed by atoms with Gasteiger partial charge in [-0.3, -0.25) is 0 Å². The van der Waals surface area contributed by atoms with E-state index in [9.17, 15) is 0 Å². The van der Waals surface area contributed by atoms with Crippen molar-refractivity contribution in [1.29, 1.82) is 0 Å². The van der Waals surface area contributed by atoms with Crippen LogP contribution in [-0.2, 0) is 6.61 Å². The van der Waals surface area contributed by atoms with Crippen LogP contribution in [-0.4, -0.2) is 9.97 Å². The second-order valence-corrected chi connectivity index (χ2v) is 5.35. The molecule has 7 heteroatoms. The molecule has 0 atom stereocenters. The van der Waals surface area contributed by atoms with Crippen LogP contribution >= 0.6 is 22.9 Å². The molecule has 0 bridgehead atoms. The van der Waals surface area contributed by atoms with Crippen LogP contribution in [0.4, 0.5) is 5.82 Å². The van der Waals surface area contributed by atoms with Crippen LogP contribution in [0.5, 0.6) is 5.75 Å². The van der Waals surface area contributed by atoms with Gasteiger partial charge in [-0.05, 0) is 29.6 Å². The highest BCUT2D eigenvalue weighted by atomic mass is 35.5. The lowest BCUT2D eigenvalue weighted by atomic mass is 10.3. The number of nitrogens with zero attached hydrogens (tertiary/aromatic N) is 2. The number of aromatic nitrogens is 2. The van der Waals surface area contributed by atoms with Gasteiger partial charge in [-0.25, -0.2) is 15.8 Å². The van der Waals surface area contributed by atoms with E-state index in [1.807, 2.05) is 23.6 Å². The van der Waals surface area contributed by atoms with Crippen LogP contribution in [0.15, 0.2) is 35.7 Å². The molecule has 0 unspecified atom stereocenters. The van der Waals surface area contributed by atoms with E-state index in [-0.39, 0.29) is 6.61 Å². The first kappa shape index (κ1) is 13.1. The molecule has 5 nitrogen and oxygen atoms in total. The second kappa shape index (κ2) is 5.62. The lowest BCUT2D eigenvalue weighted by Crippen LogP contribution is -2.11. The zero-order valence-corrected chi connectivity index (χ0v) is 11.9. The number of halogens is 1. The van der Waals surface area contributed by atoms with Gasteiger partial charge in [0.2, 0.25) is 0 Å². The van der Waals surface area contributed by atoms with E-state index in [1.165, 1.54) is 11.3 Å². The molecule has 0 fully saturated rings. The Morgan fingerprint density at radius 2 is 2.20 bits per heavy atom. The first-order valence-electron chi connectivity index (χ1n) is 5.85. The van der Waals surface area contributed by atoms with E-state index in [0.29, 0.717) is 22.4 Å². The van der Waals surface area contributed by atoms with E-state index in [2.05, 4.69) is 15.4 Å². The molecule has 0 aliphatic rings. The maximum atomic E-state index is 5.90. The van der Waals surface area contributed by atoms with Crippen molar-refractivity contribution in [3.63, 3.8) is 0 Å². The van der Waals surface area contributed by atoms with Crippen molar-refractivity contribution in [2.24, 2.45) is 5.84 Å². The molecule has 3 rings (SSSR count). The summed E-state index contributed by atoms with van der Waals surface area (Å²) < 4.78 is 5.62. The minimum Gasteiger partial charge on any atom is -0.486 e. The Kier molecular flexibility index (Phi) is 3.68. The highest BCUT2D eigenvalue weighted by Crippen LogP contribution is 2.25. The predicted octanol–water partition coefficient (Wildman–Crippen LogP) is 3.21. The smallest absolute Gasteiger partial charge is 0.169 e. The number of ether oxygens (including phenoxy) is 1. The van der Waals surface area contributed by atoms with Gasteiger partial charge in [-0.2, -0.15) is 0 Å². The van der Waals surface area contributed by atoms with Crippen LogP contribution in [0.1, 0.15) is 5.82 Å². The maximum Gasteiger partial charge on any atom is 0.169 e. The Bertz CT molecular complexity index is 746. The number of hydrogen-bond donors (Lipinski definition) is 2. The summed E-state index contributed by atoms with van der Waals surface area (Å²) in [5.74, 6) is 7.31. The summed E-state index contributed by atoms with van der Waals surface area (Å²) in [4.78, 5) is 9.64. The highest BCUT2D eigenvalue weighted by Gasteiger charge is 2.08. The molecule has 0 aliphatic heterocycles. The van der Waals surface area contributed by atoms with Crippen molar-refractivity contribution in [3.8, 4) is 5.75 Å². The van der Waals surface area contributed by atoms with E-state index in [0.717, 1.165) is 10.2 Å². The first-order chi connectivity index (χ1) is 9.76. The van der Waals surface area contributed by atoms with Gasteiger partial charge in [0.25, 0.3) is 0 Å². The van der Waals surface area contributed by atoms with Crippen molar-refractivity contribution in [2.75, 3.05) is 5.43 Å². The number of nitrogens with two attached hydrogens (primary N) is 1. The Morgan fingerprint density at radius 1 is 1.30 bits per heavy atom. The minimum absolute atomic E-state index is 0.253. The fraction of sp³-hybridized carbons (Fsp3) is 0.0769. The SMILES string of the molecule is NNc1nc(COc2cccc(Cl)c2)nc2sccc12. The molecule has 3 aromatic rings. The number of anilines is 1. The van der Waals surface area contributed by atoms with Crippen LogP contribution in [0.25, 0.3) is 10.2 Å². The average Bonchev–Trinajstić information content (AvgIpc) is 2.92. The monoisotopic (exact) mass is 306 g/mol. The van der Waals surface area contributed by atoms with Crippen molar-refractivity contribution in [3.05, 3.63) is 46.6 Å².